The maximum absolute atomic E-state index is 13.1. The number of aryl methyl sites for hydroxylation is 2. The van der Waals surface area contributed by atoms with Gasteiger partial charge in [0.15, 0.2) is 9.84 Å². The Morgan fingerprint density at radius 3 is 2.85 bits per heavy atom. The zero-order valence-electron chi connectivity index (χ0n) is 14.5. The molecule has 1 aromatic carbocycles. The van der Waals surface area contributed by atoms with Crippen molar-refractivity contribution in [1.29, 1.82) is 0 Å². The number of nitrogens with one attached hydrogen (secondary N) is 1. The normalized spacial score (nSPS) is 20.9. The van der Waals surface area contributed by atoms with Crippen LogP contribution in [0.2, 0.25) is 5.02 Å². The van der Waals surface area contributed by atoms with E-state index in [0.717, 1.165) is 36.1 Å². The highest BCUT2D eigenvalue weighted by Gasteiger charge is 2.35. The second kappa shape index (κ2) is 6.39. The van der Waals surface area contributed by atoms with E-state index in [1.165, 1.54) is 0 Å². The van der Waals surface area contributed by atoms with Crippen molar-refractivity contribution in [3.05, 3.63) is 45.7 Å². The number of aromatic nitrogens is 2. The summed E-state index contributed by atoms with van der Waals surface area (Å²) >= 11 is 5.98. The first kappa shape index (κ1) is 17.5. The first-order valence-electron chi connectivity index (χ1n) is 8.72. The molecule has 1 aliphatic carbocycles. The van der Waals surface area contributed by atoms with Crippen LogP contribution in [0.15, 0.2) is 18.2 Å². The average molecular weight is 394 g/mol. The molecule has 1 aliphatic heterocycles. The number of nitrogens with zero attached hydrogens (tertiary/aromatic N) is 2. The lowest BCUT2D eigenvalue weighted by molar-refractivity contribution is 0.101. The molecule has 2 heterocycles. The van der Waals surface area contributed by atoms with Gasteiger partial charge in [-0.15, -0.1) is 0 Å². The van der Waals surface area contributed by atoms with Gasteiger partial charge < -0.3 is 5.32 Å². The van der Waals surface area contributed by atoms with Gasteiger partial charge in [0.05, 0.1) is 23.2 Å². The highest BCUT2D eigenvalue weighted by Crippen LogP contribution is 2.32. The second-order valence-corrected chi connectivity index (χ2v) is 9.71. The fourth-order valence-electron chi connectivity index (χ4n) is 3.83. The third-order valence-electron chi connectivity index (χ3n) is 5.14. The van der Waals surface area contributed by atoms with Crippen molar-refractivity contribution in [3.63, 3.8) is 0 Å². The zero-order chi connectivity index (χ0) is 18.5. The van der Waals surface area contributed by atoms with Gasteiger partial charge in [0.25, 0.3) is 5.91 Å². The van der Waals surface area contributed by atoms with Gasteiger partial charge in [0.1, 0.15) is 5.69 Å². The van der Waals surface area contributed by atoms with Crippen molar-refractivity contribution < 1.29 is 13.2 Å². The lowest BCUT2D eigenvalue weighted by Crippen LogP contribution is -2.23. The van der Waals surface area contributed by atoms with Crippen molar-refractivity contribution in [1.82, 2.24) is 9.78 Å². The zero-order valence-corrected chi connectivity index (χ0v) is 16.0. The number of anilines is 1. The Morgan fingerprint density at radius 2 is 2.15 bits per heavy atom. The lowest BCUT2D eigenvalue weighted by Gasteiger charge is -2.15. The van der Waals surface area contributed by atoms with E-state index in [-0.39, 0.29) is 23.5 Å². The summed E-state index contributed by atoms with van der Waals surface area (Å²) in [6.07, 6.45) is 3.12. The number of fused-ring (bicyclic) bond motifs is 1. The van der Waals surface area contributed by atoms with E-state index in [2.05, 4.69) is 10.4 Å². The van der Waals surface area contributed by atoms with Gasteiger partial charge in [0.2, 0.25) is 0 Å². The average Bonchev–Trinajstić information content (AvgIpc) is 3.23. The number of halogens is 1. The quantitative estimate of drug-likeness (QED) is 0.869. The molecule has 26 heavy (non-hydrogen) atoms. The SMILES string of the molecule is Cc1cc(Cl)ccc1NC(=O)c1c2c(nn1C1CCS(=O)(=O)C1)CCC2. The van der Waals surface area contributed by atoms with Crippen molar-refractivity contribution in [2.24, 2.45) is 0 Å². The van der Waals surface area contributed by atoms with E-state index < -0.39 is 9.84 Å². The van der Waals surface area contributed by atoms with Gasteiger partial charge in [0, 0.05) is 16.3 Å². The number of amides is 1. The van der Waals surface area contributed by atoms with Crippen LogP contribution in [0.25, 0.3) is 0 Å². The fourth-order valence-corrected chi connectivity index (χ4v) is 5.75. The standard InChI is InChI=1S/C18H20ClN3O3S/c1-11-9-12(19)5-6-15(11)20-18(23)17-14-3-2-4-16(14)21-22(17)13-7-8-26(24,25)10-13/h5-6,9,13H,2-4,7-8,10H2,1H3,(H,20,23). The summed E-state index contributed by atoms with van der Waals surface area (Å²) in [6, 6.07) is 5.03. The molecule has 2 aliphatic rings. The van der Waals surface area contributed by atoms with Gasteiger partial charge in [-0.25, -0.2) is 8.42 Å². The molecule has 6 nitrogen and oxygen atoms in total. The Labute approximate surface area is 157 Å². The van der Waals surface area contributed by atoms with Crippen LogP contribution in [0.3, 0.4) is 0 Å². The summed E-state index contributed by atoms with van der Waals surface area (Å²) < 4.78 is 25.4. The number of benzene rings is 1. The predicted octanol–water partition coefficient (Wildman–Crippen LogP) is 2.95. The number of hydrogen-bond acceptors (Lipinski definition) is 4. The maximum atomic E-state index is 13.1. The Hall–Kier alpha value is -1.86. The molecule has 2 aromatic rings. The third-order valence-corrected chi connectivity index (χ3v) is 7.12. The Kier molecular flexibility index (Phi) is 4.31. The molecule has 8 heteroatoms. The number of rotatable bonds is 3. The Balaban J connectivity index is 1.70. The number of hydrogen-bond donors (Lipinski definition) is 1. The Bertz CT molecular complexity index is 997. The van der Waals surface area contributed by atoms with Crippen LogP contribution < -0.4 is 5.32 Å². The summed E-state index contributed by atoms with van der Waals surface area (Å²) in [5, 5.41) is 8.17. The number of carbonyl (C=O) groups is 1. The van der Waals surface area contributed by atoms with Crippen molar-refractivity contribution in [3.8, 4) is 0 Å². The first-order chi connectivity index (χ1) is 12.3. The predicted molar refractivity (Wildman–Crippen MR) is 101 cm³/mol. The monoisotopic (exact) mass is 393 g/mol. The minimum atomic E-state index is -3.06. The van der Waals surface area contributed by atoms with E-state index in [4.69, 9.17) is 11.6 Å². The molecule has 1 fully saturated rings. The molecular formula is C18H20ClN3O3S. The molecule has 1 amide bonds. The number of carbonyl (C=O) groups excluding carboxylic acids is 1. The van der Waals surface area contributed by atoms with Crippen LogP contribution in [-0.2, 0) is 22.7 Å². The van der Waals surface area contributed by atoms with E-state index in [1.54, 1.807) is 22.9 Å². The van der Waals surface area contributed by atoms with Gasteiger partial charge in [-0.05, 0) is 56.4 Å². The molecular weight excluding hydrogens is 374 g/mol. The highest BCUT2D eigenvalue weighted by atomic mass is 35.5. The maximum Gasteiger partial charge on any atom is 0.274 e. The van der Waals surface area contributed by atoms with E-state index >= 15 is 0 Å². The molecule has 0 saturated carbocycles. The van der Waals surface area contributed by atoms with E-state index in [9.17, 15) is 13.2 Å². The largest absolute Gasteiger partial charge is 0.320 e. The molecule has 0 bridgehead atoms. The summed E-state index contributed by atoms with van der Waals surface area (Å²) in [7, 11) is -3.06. The van der Waals surface area contributed by atoms with Crippen molar-refractivity contribution in [2.45, 2.75) is 38.6 Å². The molecule has 1 N–H and O–H groups in total. The summed E-state index contributed by atoms with van der Waals surface area (Å²) in [5.41, 5.74) is 3.95. The van der Waals surface area contributed by atoms with Crippen LogP contribution >= 0.6 is 11.6 Å². The number of sulfone groups is 1. The Morgan fingerprint density at radius 1 is 1.35 bits per heavy atom. The smallest absolute Gasteiger partial charge is 0.274 e. The van der Waals surface area contributed by atoms with Crippen molar-refractivity contribution in [2.75, 3.05) is 16.8 Å². The minimum Gasteiger partial charge on any atom is -0.320 e. The van der Waals surface area contributed by atoms with Gasteiger partial charge >= 0.3 is 0 Å². The molecule has 138 valence electrons. The lowest BCUT2D eigenvalue weighted by atomic mass is 10.1. The molecule has 0 spiro atoms. The van der Waals surface area contributed by atoms with E-state index in [1.807, 2.05) is 6.92 Å². The van der Waals surface area contributed by atoms with Crippen LogP contribution in [0, 0.1) is 6.92 Å². The van der Waals surface area contributed by atoms with Crippen molar-refractivity contribution >= 4 is 33.0 Å². The second-order valence-electron chi connectivity index (χ2n) is 7.04. The first-order valence-corrected chi connectivity index (χ1v) is 10.9. The summed E-state index contributed by atoms with van der Waals surface area (Å²) in [5.74, 6) is -0.0387. The minimum absolute atomic E-state index is 0.0494. The molecule has 1 atom stereocenters. The van der Waals surface area contributed by atoms with Crippen LogP contribution in [0.4, 0.5) is 5.69 Å². The summed E-state index contributed by atoms with van der Waals surface area (Å²) in [6.45, 7) is 1.88. The molecule has 1 unspecified atom stereocenters. The van der Waals surface area contributed by atoms with Crippen LogP contribution in [0.1, 0.15) is 46.2 Å². The molecule has 1 aromatic heterocycles. The van der Waals surface area contributed by atoms with Crippen LogP contribution in [-0.4, -0.2) is 35.6 Å². The molecule has 1 saturated heterocycles. The topological polar surface area (TPSA) is 81.1 Å². The highest BCUT2D eigenvalue weighted by molar-refractivity contribution is 7.91. The van der Waals surface area contributed by atoms with Gasteiger partial charge in [-0.2, -0.15) is 5.10 Å². The van der Waals surface area contributed by atoms with Gasteiger partial charge in [-0.3, -0.25) is 9.48 Å². The fraction of sp³-hybridized carbons (Fsp3) is 0.444. The van der Waals surface area contributed by atoms with E-state index in [0.29, 0.717) is 22.8 Å². The van der Waals surface area contributed by atoms with Gasteiger partial charge in [-0.1, -0.05) is 11.6 Å². The molecule has 4 rings (SSSR count). The summed E-state index contributed by atoms with van der Waals surface area (Å²) in [4.78, 5) is 13.1. The molecule has 0 radical (unpaired) electrons. The third kappa shape index (κ3) is 3.14. The van der Waals surface area contributed by atoms with Crippen LogP contribution in [0.5, 0.6) is 0 Å².